The quantitative estimate of drug-likeness (QED) is 0.361. The molecular formula is C15H12FN3O4S. The molecule has 0 bridgehead atoms. The molecule has 1 amide bonds. The van der Waals surface area contributed by atoms with Crippen molar-refractivity contribution >= 4 is 29.6 Å². The molecule has 7 nitrogen and oxygen atoms in total. The van der Waals surface area contributed by atoms with Crippen molar-refractivity contribution in [2.24, 2.45) is 5.10 Å². The number of thioether (sulfide) groups is 1. The van der Waals surface area contributed by atoms with Crippen LogP contribution in [0.25, 0.3) is 0 Å². The lowest BCUT2D eigenvalue weighted by Gasteiger charge is -2.02. The number of carbonyl (C=O) groups is 1. The lowest BCUT2D eigenvalue weighted by atomic mass is 10.2. The molecule has 0 spiro atoms. The van der Waals surface area contributed by atoms with E-state index in [2.05, 4.69) is 10.5 Å². The van der Waals surface area contributed by atoms with Crippen LogP contribution in [-0.4, -0.2) is 27.9 Å². The standard InChI is InChI=1S/C15H12FN3O4S/c16-12-3-1-2-4-14(12)24-9-15(21)18-17-8-10-7-11(19(22)23)5-6-13(10)20/h1-8,20H,9H2,(H,18,21)/b17-8+. The lowest BCUT2D eigenvalue weighted by Crippen LogP contribution is -2.19. The summed E-state index contributed by atoms with van der Waals surface area (Å²) in [7, 11) is 0. The van der Waals surface area contributed by atoms with Crippen molar-refractivity contribution < 1.29 is 19.2 Å². The second-order valence-electron chi connectivity index (χ2n) is 4.51. The summed E-state index contributed by atoms with van der Waals surface area (Å²) >= 11 is 1.01. The highest BCUT2D eigenvalue weighted by atomic mass is 32.2. The highest BCUT2D eigenvalue weighted by Gasteiger charge is 2.09. The maximum atomic E-state index is 13.4. The number of benzene rings is 2. The van der Waals surface area contributed by atoms with Crippen LogP contribution in [0.5, 0.6) is 5.75 Å². The average Bonchev–Trinajstić information content (AvgIpc) is 2.55. The molecule has 2 N–H and O–H groups in total. The molecule has 124 valence electrons. The topological polar surface area (TPSA) is 105 Å². The molecule has 0 aliphatic rings. The van der Waals surface area contributed by atoms with E-state index in [0.29, 0.717) is 4.90 Å². The van der Waals surface area contributed by atoms with Gasteiger partial charge in [-0.2, -0.15) is 5.10 Å². The number of carbonyl (C=O) groups excluding carboxylic acids is 1. The minimum absolute atomic E-state index is 0.0564. The van der Waals surface area contributed by atoms with E-state index < -0.39 is 16.6 Å². The number of hydrogen-bond acceptors (Lipinski definition) is 6. The molecule has 24 heavy (non-hydrogen) atoms. The molecule has 0 aromatic heterocycles. The fraction of sp³-hybridized carbons (Fsp3) is 0.0667. The highest BCUT2D eigenvalue weighted by molar-refractivity contribution is 8.00. The number of nitrogens with one attached hydrogen (secondary N) is 1. The van der Waals surface area contributed by atoms with E-state index in [9.17, 15) is 24.4 Å². The molecule has 0 saturated carbocycles. The van der Waals surface area contributed by atoms with Crippen molar-refractivity contribution in [3.05, 3.63) is 64.0 Å². The van der Waals surface area contributed by atoms with Crippen molar-refractivity contribution in [1.82, 2.24) is 5.43 Å². The van der Waals surface area contributed by atoms with Gasteiger partial charge in [0, 0.05) is 22.6 Å². The molecule has 2 rings (SSSR count). The third kappa shape index (κ3) is 4.78. The van der Waals surface area contributed by atoms with E-state index in [1.54, 1.807) is 18.2 Å². The molecule has 0 unspecified atom stereocenters. The number of phenols is 1. The van der Waals surface area contributed by atoms with Crippen LogP contribution in [0.3, 0.4) is 0 Å². The molecule has 0 radical (unpaired) electrons. The van der Waals surface area contributed by atoms with Crippen LogP contribution in [0.4, 0.5) is 10.1 Å². The van der Waals surface area contributed by atoms with Gasteiger partial charge in [-0.3, -0.25) is 14.9 Å². The molecule has 0 atom stereocenters. The summed E-state index contributed by atoms with van der Waals surface area (Å²) < 4.78 is 13.4. The first-order chi connectivity index (χ1) is 11.5. The predicted molar refractivity (Wildman–Crippen MR) is 87.6 cm³/mol. The summed E-state index contributed by atoms with van der Waals surface area (Å²) in [6, 6.07) is 9.49. The summed E-state index contributed by atoms with van der Waals surface area (Å²) in [5.41, 5.74) is 2.08. The van der Waals surface area contributed by atoms with E-state index in [0.717, 1.165) is 36.2 Å². The Balaban J connectivity index is 1.92. The van der Waals surface area contributed by atoms with Crippen LogP contribution < -0.4 is 5.43 Å². The van der Waals surface area contributed by atoms with Gasteiger partial charge in [-0.1, -0.05) is 12.1 Å². The minimum atomic E-state index is -0.611. The molecular weight excluding hydrogens is 337 g/mol. The van der Waals surface area contributed by atoms with Gasteiger partial charge in [0.25, 0.3) is 5.69 Å². The SMILES string of the molecule is O=C(CSc1ccccc1F)N/N=C/c1cc([N+](=O)[O-])ccc1O. The number of non-ortho nitro benzene ring substituents is 1. The first-order valence-electron chi connectivity index (χ1n) is 6.64. The number of nitro groups is 1. The Bertz CT molecular complexity index is 798. The monoisotopic (exact) mass is 349 g/mol. The first kappa shape index (κ1) is 17.4. The summed E-state index contributed by atoms with van der Waals surface area (Å²) in [4.78, 5) is 22.0. The predicted octanol–water partition coefficient (Wildman–Crippen LogP) is 2.68. The minimum Gasteiger partial charge on any atom is -0.507 e. The van der Waals surface area contributed by atoms with Gasteiger partial charge in [-0.15, -0.1) is 11.8 Å². The summed E-state index contributed by atoms with van der Waals surface area (Å²) in [6.07, 6.45) is 1.09. The van der Waals surface area contributed by atoms with Crippen molar-refractivity contribution in [2.45, 2.75) is 4.90 Å². The van der Waals surface area contributed by atoms with Crippen molar-refractivity contribution in [1.29, 1.82) is 0 Å². The van der Waals surface area contributed by atoms with E-state index in [4.69, 9.17) is 0 Å². The van der Waals surface area contributed by atoms with Crippen LogP contribution in [0, 0.1) is 15.9 Å². The van der Waals surface area contributed by atoms with E-state index in [-0.39, 0.29) is 22.8 Å². The number of halogens is 1. The van der Waals surface area contributed by atoms with Crippen molar-refractivity contribution in [3.8, 4) is 5.75 Å². The molecule has 0 fully saturated rings. The second kappa shape index (κ2) is 8.06. The third-order valence-electron chi connectivity index (χ3n) is 2.81. The van der Waals surface area contributed by atoms with Crippen molar-refractivity contribution in [3.63, 3.8) is 0 Å². The van der Waals surface area contributed by atoms with Crippen LogP contribution in [0.15, 0.2) is 52.5 Å². The molecule has 0 heterocycles. The second-order valence-corrected chi connectivity index (χ2v) is 5.53. The zero-order chi connectivity index (χ0) is 17.5. The molecule has 2 aromatic carbocycles. The number of hydrazone groups is 1. The smallest absolute Gasteiger partial charge is 0.270 e. The zero-order valence-electron chi connectivity index (χ0n) is 12.2. The molecule has 0 aliphatic heterocycles. The van der Waals surface area contributed by atoms with Crippen LogP contribution in [-0.2, 0) is 4.79 Å². The van der Waals surface area contributed by atoms with Gasteiger partial charge in [-0.05, 0) is 18.2 Å². The Morgan fingerprint density at radius 3 is 2.83 bits per heavy atom. The fourth-order valence-electron chi connectivity index (χ4n) is 1.67. The summed E-state index contributed by atoms with van der Waals surface area (Å²) in [5, 5.41) is 23.9. The maximum Gasteiger partial charge on any atom is 0.270 e. The van der Waals surface area contributed by atoms with Gasteiger partial charge in [0.05, 0.1) is 16.9 Å². The molecule has 2 aromatic rings. The number of nitrogens with zero attached hydrogens (tertiary/aromatic N) is 2. The van der Waals surface area contributed by atoms with Gasteiger partial charge < -0.3 is 5.11 Å². The molecule has 9 heteroatoms. The van der Waals surface area contributed by atoms with Gasteiger partial charge >= 0.3 is 0 Å². The van der Waals surface area contributed by atoms with E-state index in [1.165, 1.54) is 6.07 Å². The third-order valence-corrected chi connectivity index (χ3v) is 3.86. The fourth-order valence-corrected chi connectivity index (χ4v) is 2.40. The average molecular weight is 349 g/mol. The van der Waals surface area contributed by atoms with E-state index >= 15 is 0 Å². The number of rotatable bonds is 6. The maximum absolute atomic E-state index is 13.4. The zero-order valence-corrected chi connectivity index (χ0v) is 13.0. The summed E-state index contributed by atoms with van der Waals surface area (Å²) in [5.74, 6) is -1.16. The lowest BCUT2D eigenvalue weighted by molar-refractivity contribution is -0.384. The number of nitro benzene ring substituents is 1. The molecule has 0 saturated heterocycles. The van der Waals surface area contributed by atoms with Crippen LogP contribution in [0.2, 0.25) is 0 Å². The Kier molecular flexibility index (Phi) is 5.85. The Hall–Kier alpha value is -2.94. The Morgan fingerprint density at radius 1 is 1.38 bits per heavy atom. The van der Waals surface area contributed by atoms with Gasteiger partial charge in [0.15, 0.2) is 0 Å². The van der Waals surface area contributed by atoms with Crippen molar-refractivity contribution in [2.75, 3.05) is 5.75 Å². The van der Waals surface area contributed by atoms with Gasteiger partial charge in [0.1, 0.15) is 11.6 Å². The van der Waals surface area contributed by atoms with Crippen LogP contribution in [0.1, 0.15) is 5.56 Å². The number of aromatic hydroxyl groups is 1. The largest absolute Gasteiger partial charge is 0.507 e. The van der Waals surface area contributed by atoms with E-state index in [1.807, 2.05) is 0 Å². The number of amides is 1. The highest BCUT2D eigenvalue weighted by Crippen LogP contribution is 2.22. The van der Waals surface area contributed by atoms with Gasteiger partial charge in [0.2, 0.25) is 5.91 Å². The normalized spacial score (nSPS) is 10.7. The molecule has 0 aliphatic carbocycles. The first-order valence-corrected chi connectivity index (χ1v) is 7.62. The summed E-state index contributed by atoms with van der Waals surface area (Å²) in [6.45, 7) is 0. The van der Waals surface area contributed by atoms with Crippen LogP contribution >= 0.6 is 11.8 Å². The Labute approximate surface area is 140 Å². The Morgan fingerprint density at radius 2 is 2.12 bits per heavy atom. The van der Waals surface area contributed by atoms with Gasteiger partial charge in [-0.25, -0.2) is 9.82 Å². The number of phenolic OH excluding ortho intramolecular Hbond substituents is 1. The number of hydrogen-bond donors (Lipinski definition) is 2.